The first kappa shape index (κ1) is 26.0. The second-order valence-corrected chi connectivity index (χ2v) is 13.6. The maximum Gasteiger partial charge on any atom is 0.161 e. The van der Waals surface area contributed by atoms with Crippen LogP contribution in [-0.4, -0.2) is 14.5 Å². The Morgan fingerprint density at radius 2 is 1.06 bits per heavy atom. The molecule has 11 aromatic rings. The largest absolute Gasteiger partial charge is 0.309 e. The van der Waals surface area contributed by atoms with Crippen LogP contribution in [0.2, 0.25) is 0 Å². The minimum Gasteiger partial charge on any atom is -0.309 e. The Morgan fingerprint density at radius 3 is 1.81 bits per heavy atom. The minimum absolute atomic E-state index is 0.732. The highest BCUT2D eigenvalue weighted by Gasteiger charge is 2.22. The summed E-state index contributed by atoms with van der Waals surface area (Å²) in [5, 5.41) is 11.2. The van der Waals surface area contributed by atoms with Crippen molar-refractivity contribution in [1.29, 1.82) is 0 Å². The predicted octanol–water partition coefficient (Wildman–Crippen LogP) is 12.2. The van der Waals surface area contributed by atoms with Crippen LogP contribution in [0.1, 0.15) is 0 Å². The molecule has 0 bridgehead atoms. The van der Waals surface area contributed by atoms with Crippen LogP contribution in [0.5, 0.6) is 0 Å². The number of nitrogens with zero attached hydrogens (tertiary/aromatic N) is 3. The van der Waals surface area contributed by atoms with E-state index in [2.05, 4.69) is 150 Å². The molecule has 0 radical (unpaired) electrons. The Balaban J connectivity index is 1.24. The first-order chi connectivity index (χ1) is 23.8. The van der Waals surface area contributed by atoms with Gasteiger partial charge in [0.25, 0.3) is 0 Å². The summed E-state index contributed by atoms with van der Waals surface area (Å²) in [6.07, 6.45) is 0. The lowest BCUT2D eigenvalue weighted by Crippen LogP contribution is -1.98. The van der Waals surface area contributed by atoms with Crippen LogP contribution >= 0.6 is 11.3 Å². The zero-order valence-electron chi connectivity index (χ0n) is 25.7. The molecule has 0 unspecified atom stereocenters. The van der Waals surface area contributed by atoms with E-state index in [0.717, 1.165) is 44.6 Å². The van der Waals surface area contributed by atoms with Crippen molar-refractivity contribution >= 4 is 85.8 Å². The van der Waals surface area contributed by atoms with Crippen molar-refractivity contribution in [1.82, 2.24) is 14.5 Å². The number of aromatic nitrogens is 3. The highest BCUT2D eigenvalue weighted by atomic mass is 32.1. The van der Waals surface area contributed by atoms with E-state index in [4.69, 9.17) is 9.97 Å². The van der Waals surface area contributed by atoms with Crippen molar-refractivity contribution < 1.29 is 0 Å². The molecule has 4 heteroatoms. The van der Waals surface area contributed by atoms with Gasteiger partial charge in [-0.15, -0.1) is 11.3 Å². The Kier molecular flexibility index (Phi) is 5.26. The van der Waals surface area contributed by atoms with E-state index in [1.165, 1.54) is 58.1 Å². The molecular weight excluding hydrogens is 603 g/mol. The molecule has 48 heavy (non-hydrogen) atoms. The molecule has 3 aromatic heterocycles. The molecule has 0 spiro atoms. The van der Waals surface area contributed by atoms with Crippen LogP contribution in [-0.2, 0) is 0 Å². The van der Waals surface area contributed by atoms with Crippen molar-refractivity contribution in [3.63, 3.8) is 0 Å². The zero-order chi connectivity index (χ0) is 31.3. The molecule has 0 aliphatic carbocycles. The molecule has 11 rings (SSSR count). The fourth-order valence-corrected chi connectivity index (χ4v) is 9.10. The molecule has 3 heterocycles. The van der Waals surface area contributed by atoms with Gasteiger partial charge in [-0.2, -0.15) is 0 Å². The summed E-state index contributed by atoms with van der Waals surface area (Å²) < 4.78 is 5.10. The molecular formula is C44H25N3S. The molecule has 0 saturated heterocycles. The second-order valence-electron chi connectivity index (χ2n) is 12.5. The molecule has 222 valence electrons. The first-order valence-electron chi connectivity index (χ1n) is 16.3. The van der Waals surface area contributed by atoms with Crippen LogP contribution in [0.3, 0.4) is 0 Å². The monoisotopic (exact) mass is 627 g/mol. The van der Waals surface area contributed by atoms with Crippen LogP contribution in [0.4, 0.5) is 0 Å². The fourth-order valence-electron chi connectivity index (χ4n) is 7.92. The van der Waals surface area contributed by atoms with Gasteiger partial charge < -0.3 is 4.57 Å². The molecule has 0 N–H and O–H groups in total. The van der Waals surface area contributed by atoms with Gasteiger partial charge in [0, 0.05) is 52.8 Å². The number of hydrogen-bond acceptors (Lipinski definition) is 3. The van der Waals surface area contributed by atoms with Crippen molar-refractivity contribution in [2.24, 2.45) is 0 Å². The van der Waals surface area contributed by atoms with Crippen molar-refractivity contribution in [3.8, 4) is 28.3 Å². The number of fused-ring (bicyclic) bond motifs is 2. The van der Waals surface area contributed by atoms with Gasteiger partial charge >= 0.3 is 0 Å². The number of rotatable bonds is 3. The lowest BCUT2D eigenvalue weighted by Gasteiger charge is -2.15. The van der Waals surface area contributed by atoms with E-state index in [1.54, 1.807) is 0 Å². The maximum absolute atomic E-state index is 5.25. The summed E-state index contributed by atoms with van der Waals surface area (Å²) in [7, 11) is 0. The fraction of sp³-hybridized carbons (Fsp3) is 0. The Labute approximate surface area is 279 Å². The van der Waals surface area contributed by atoms with Crippen LogP contribution in [0.15, 0.2) is 152 Å². The summed E-state index contributed by atoms with van der Waals surface area (Å²) in [4.78, 5) is 10.4. The lowest BCUT2D eigenvalue weighted by molar-refractivity contribution is 1.20. The predicted molar refractivity (Wildman–Crippen MR) is 204 cm³/mol. The van der Waals surface area contributed by atoms with Crippen LogP contribution < -0.4 is 0 Å². The summed E-state index contributed by atoms with van der Waals surface area (Å²) in [5.41, 5.74) is 7.60. The number of benzene rings is 8. The van der Waals surface area contributed by atoms with Gasteiger partial charge in [-0.05, 0) is 52.6 Å². The van der Waals surface area contributed by atoms with Gasteiger partial charge in [-0.1, -0.05) is 115 Å². The van der Waals surface area contributed by atoms with Gasteiger partial charge in [0.05, 0.1) is 27.9 Å². The number of para-hydroxylation sites is 1. The van der Waals surface area contributed by atoms with E-state index in [9.17, 15) is 0 Å². The van der Waals surface area contributed by atoms with Gasteiger partial charge in [-0.3, -0.25) is 0 Å². The summed E-state index contributed by atoms with van der Waals surface area (Å²) >= 11 is 1.89. The average molecular weight is 628 g/mol. The molecule has 3 nitrogen and oxygen atoms in total. The van der Waals surface area contributed by atoms with Crippen LogP contribution in [0, 0.1) is 0 Å². The van der Waals surface area contributed by atoms with Crippen molar-refractivity contribution in [3.05, 3.63) is 152 Å². The quantitative estimate of drug-likeness (QED) is 0.195. The molecule has 0 fully saturated rings. The topological polar surface area (TPSA) is 30.7 Å². The van der Waals surface area contributed by atoms with Crippen molar-refractivity contribution in [2.45, 2.75) is 0 Å². The summed E-state index contributed by atoms with van der Waals surface area (Å²) in [6.45, 7) is 0. The average Bonchev–Trinajstić information content (AvgIpc) is 3.40. The second kappa shape index (κ2) is 9.71. The third kappa shape index (κ3) is 3.52. The maximum atomic E-state index is 5.25. The number of hydrogen-bond donors (Lipinski definition) is 0. The van der Waals surface area contributed by atoms with E-state index in [0.29, 0.717) is 0 Å². The van der Waals surface area contributed by atoms with E-state index in [1.807, 2.05) is 17.4 Å². The highest BCUT2D eigenvalue weighted by Crippen LogP contribution is 2.47. The van der Waals surface area contributed by atoms with Gasteiger partial charge in [0.15, 0.2) is 5.82 Å². The zero-order valence-corrected chi connectivity index (χ0v) is 26.5. The molecule has 0 saturated carbocycles. The van der Waals surface area contributed by atoms with Gasteiger partial charge in [0.2, 0.25) is 0 Å². The summed E-state index contributed by atoms with van der Waals surface area (Å²) in [5.74, 6) is 0.732. The molecule has 8 aromatic carbocycles. The van der Waals surface area contributed by atoms with E-state index < -0.39 is 0 Å². The van der Waals surface area contributed by atoms with Gasteiger partial charge in [0.1, 0.15) is 0 Å². The molecule has 0 aliphatic rings. The first-order valence-corrected chi connectivity index (χ1v) is 17.1. The van der Waals surface area contributed by atoms with Gasteiger partial charge in [-0.25, -0.2) is 9.97 Å². The molecule has 0 aliphatic heterocycles. The third-order valence-corrected chi connectivity index (χ3v) is 11.1. The highest BCUT2D eigenvalue weighted by molar-refractivity contribution is 7.24. The van der Waals surface area contributed by atoms with E-state index >= 15 is 0 Å². The Bertz CT molecular complexity index is 2960. The standard InChI is InChI=1S/C44H25N3S/c1-2-10-28(11-3-1)43-32-14-4-5-18-33(32)45-44(46-43)31-17-8-16-30-29(31)15-9-19-34(30)47-35-24-22-26-12-6-20-37-39(26)41(35)42-36(47)25-23-27-13-7-21-38(48-37)40(27)42/h1-25H. The Hall–Kier alpha value is -6.10. The van der Waals surface area contributed by atoms with Crippen molar-refractivity contribution in [2.75, 3.05) is 0 Å². The normalized spacial score (nSPS) is 12.2. The molecule has 0 amide bonds. The third-order valence-electron chi connectivity index (χ3n) is 9.95. The van der Waals surface area contributed by atoms with Crippen LogP contribution in [0.25, 0.3) is 103 Å². The minimum atomic E-state index is 0.732. The molecule has 0 atom stereocenters. The lowest BCUT2D eigenvalue weighted by atomic mass is 10.00. The SMILES string of the molecule is c1ccc(-c2nc(-c3cccc4c(-n5c6ccc7cccc8sc9cccc%10ccc5c(c%109)c6c78)cccc34)nc3ccccc23)cc1. The summed E-state index contributed by atoms with van der Waals surface area (Å²) in [6, 6.07) is 54.5. The smallest absolute Gasteiger partial charge is 0.161 e. The Morgan fingerprint density at radius 1 is 0.438 bits per heavy atom. The van der Waals surface area contributed by atoms with E-state index in [-0.39, 0.29) is 0 Å².